The van der Waals surface area contributed by atoms with Crippen molar-refractivity contribution >= 4 is 31.9 Å². The van der Waals surface area contributed by atoms with Crippen LogP contribution in [0.3, 0.4) is 0 Å². The van der Waals surface area contributed by atoms with Gasteiger partial charge in [0, 0.05) is 0 Å². The molecule has 1 atom stereocenters. The SMILES string of the molecule is OCC(NCc1cc(Br)c(Br)o1)c1ccccc1. The first kappa shape index (κ1) is 13.8. The van der Waals surface area contributed by atoms with E-state index < -0.39 is 0 Å². The zero-order valence-electron chi connectivity index (χ0n) is 9.57. The van der Waals surface area contributed by atoms with Gasteiger partial charge in [-0.05, 0) is 43.5 Å². The van der Waals surface area contributed by atoms with Gasteiger partial charge in [0.2, 0.25) is 0 Å². The third-order valence-corrected chi connectivity index (χ3v) is 4.31. The molecule has 0 radical (unpaired) electrons. The predicted octanol–water partition coefficient (Wildman–Crippen LogP) is 3.63. The van der Waals surface area contributed by atoms with Crippen molar-refractivity contribution in [2.24, 2.45) is 0 Å². The van der Waals surface area contributed by atoms with Crippen LogP contribution in [0, 0.1) is 0 Å². The van der Waals surface area contributed by atoms with E-state index >= 15 is 0 Å². The summed E-state index contributed by atoms with van der Waals surface area (Å²) in [5, 5.41) is 12.7. The normalized spacial score (nSPS) is 12.6. The van der Waals surface area contributed by atoms with Gasteiger partial charge in [0.1, 0.15) is 5.76 Å². The number of furan rings is 1. The fraction of sp³-hybridized carbons (Fsp3) is 0.231. The van der Waals surface area contributed by atoms with E-state index in [0.29, 0.717) is 11.2 Å². The standard InChI is InChI=1S/C13H13Br2NO2/c14-11-6-10(18-13(11)15)7-16-12(8-17)9-4-2-1-3-5-9/h1-6,12,16-17H,7-8H2. The zero-order chi connectivity index (χ0) is 13.0. The van der Waals surface area contributed by atoms with Crippen molar-refractivity contribution < 1.29 is 9.52 Å². The van der Waals surface area contributed by atoms with E-state index in [1.165, 1.54) is 0 Å². The molecule has 2 rings (SSSR count). The molecular weight excluding hydrogens is 362 g/mol. The Morgan fingerprint density at radius 1 is 1.22 bits per heavy atom. The van der Waals surface area contributed by atoms with Gasteiger partial charge in [-0.15, -0.1) is 0 Å². The Morgan fingerprint density at radius 3 is 2.50 bits per heavy atom. The molecule has 0 aliphatic heterocycles. The first-order valence-electron chi connectivity index (χ1n) is 5.53. The van der Waals surface area contributed by atoms with Crippen molar-refractivity contribution in [3.8, 4) is 0 Å². The summed E-state index contributed by atoms with van der Waals surface area (Å²) in [6.45, 7) is 0.609. The van der Waals surface area contributed by atoms with Crippen molar-refractivity contribution in [2.45, 2.75) is 12.6 Å². The van der Waals surface area contributed by atoms with Crippen LogP contribution in [-0.4, -0.2) is 11.7 Å². The second kappa shape index (κ2) is 6.52. The lowest BCUT2D eigenvalue weighted by atomic mass is 10.1. The number of hydrogen-bond acceptors (Lipinski definition) is 3. The molecule has 0 spiro atoms. The van der Waals surface area contributed by atoms with Crippen LogP contribution < -0.4 is 5.32 Å². The molecule has 0 aliphatic rings. The Hall–Kier alpha value is -0.620. The molecule has 96 valence electrons. The molecule has 1 heterocycles. The van der Waals surface area contributed by atoms with Gasteiger partial charge in [0.05, 0.1) is 23.7 Å². The van der Waals surface area contributed by atoms with Crippen molar-refractivity contribution in [3.63, 3.8) is 0 Å². The van der Waals surface area contributed by atoms with Gasteiger partial charge >= 0.3 is 0 Å². The first-order valence-corrected chi connectivity index (χ1v) is 7.12. The lowest BCUT2D eigenvalue weighted by Crippen LogP contribution is -2.23. The molecule has 0 fully saturated rings. The van der Waals surface area contributed by atoms with E-state index in [1.807, 2.05) is 36.4 Å². The first-order chi connectivity index (χ1) is 8.70. The summed E-state index contributed by atoms with van der Waals surface area (Å²) < 4.78 is 7.04. The van der Waals surface area contributed by atoms with Crippen molar-refractivity contribution in [3.05, 3.63) is 56.9 Å². The second-order valence-corrected chi connectivity index (χ2v) is 5.44. The molecule has 1 aromatic heterocycles. The molecule has 1 unspecified atom stereocenters. The zero-order valence-corrected chi connectivity index (χ0v) is 12.7. The molecule has 2 N–H and O–H groups in total. The Morgan fingerprint density at radius 2 is 1.94 bits per heavy atom. The average molecular weight is 375 g/mol. The van der Waals surface area contributed by atoms with Gasteiger partial charge in [-0.25, -0.2) is 0 Å². The van der Waals surface area contributed by atoms with Gasteiger partial charge in [0.25, 0.3) is 0 Å². The van der Waals surface area contributed by atoms with Gasteiger partial charge in [-0.3, -0.25) is 0 Å². The second-order valence-electron chi connectivity index (χ2n) is 3.86. The number of benzene rings is 1. The van der Waals surface area contributed by atoms with Gasteiger partial charge < -0.3 is 14.8 Å². The van der Waals surface area contributed by atoms with Crippen molar-refractivity contribution in [1.82, 2.24) is 5.32 Å². The summed E-state index contributed by atoms with van der Waals surface area (Å²) in [4.78, 5) is 0. The van der Waals surface area contributed by atoms with Crippen LogP contribution in [0.15, 0.2) is 50.0 Å². The third kappa shape index (κ3) is 3.45. The molecule has 2 aromatic rings. The highest BCUT2D eigenvalue weighted by molar-refractivity contribution is 9.13. The van der Waals surface area contributed by atoms with Gasteiger partial charge in [-0.1, -0.05) is 30.3 Å². The molecular formula is C13H13Br2NO2. The Kier molecular flexibility index (Phi) is 5.00. The number of halogens is 2. The van der Waals surface area contributed by atoms with Crippen molar-refractivity contribution in [1.29, 1.82) is 0 Å². The number of hydrogen-bond donors (Lipinski definition) is 2. The van der Waals surface area contributed by atoms with Crippen LogP contribution >= 0.6 is 31.9 Å². The quantitative estimate of drug-likeness (QED) is 0.839. The Balaban J connectivity index is 1.99. The van der Waals surface area contributed by atoms with E-state index in [2.05, 4.69) is 37.2 Å². The molecule has 0 saturated heterocycles. The third-order valence-electron chi connectivity index (χ3n) is 2.60. The lowest BCUT2D eigenvalue weighted by molar-refractivity contribution is 0.240. The average Bonchev–Trinajstić information content (AvgIpc) is 2.71. The Labute approximate surface area is 122 Å². The molecule has 1 aromatic carbocycles. The monoisotopic (exact) mass is 373 g/mol. The summed E-state index contributed by atoms with van der Waals surface area (Å²) in [6, 6.07) is 11.7. The minimum absolute atomic E-state index is 0.0487. The maximum Gasteiger partial charge on any atom is 0.183 e. The minimum Gasteiger partial charge on any atom is -0.452 e. The van der Waals surface area contributed by atoms with E-state index in [9.17, 15) is 5.11 Å². The highest BCUT2D eigenvalue weighted by Gasteiger charge is 2.11. The van der Waals surface area contributed by atoms with E-state index in [-0.39, 0.29) is 12.6 Å². The largest absolute Gasteiger partial charge is 0.452 e. The van der Waals surface area contributed by atoms with Gasteiger partial charge in [-0.2, -0.15) is 0 Å². The molecule has 0 bridgehead atoms. The number of aliphatic hydroxyl groups excluding tert-OH is 1. The van der Waals surface area contributed by atoms with Crippen LogP contribution in [0.4, 0.5) is 0 Å². The summed E-state index contributed by atoms with van der Waals surface area (Å²) in [5.41, 5.74) is 1.06. The molecule has 18 heavy (non-hydrogen) atoms. The topological polar surface area (TPSA) is 45.4 Å². The maximum absolute atomic E-state index is 9.41. The maximum atomic E-state index is 9.41. The van der Waals surface area contributed by atoms with Crippen molar-refractivity contribution in [2.75, 3.05) is 6.61 Å². The molecule has 0 aliphatic carbocycles. The van der Waals surface area contributed by atoms with E-state index in [4.69, 9.17) is 4.42 Å². The molecule has 0 saturated carbocycles. The summed E-state index contributed by atoms with van der Waals surface area (Å²) in [5.74, 6) is 0.808. The predicted molar refractivity (Wildman–Crippen MR) is 77.2 cm³/mol. The van der Waals surface area contributed by atoms with Crippen LogP contribution in [0.2, 0.25) is 0 Å². The van der Waals surface area contributed by atoms with Crippen LogP contribution in [0.25, 0.3) is 0 Å². The molecule has 5 heteroatoms. The molecule has 0 amide bonds. The fourth-order valence-corrected chi connectivity index (χ4v) is 2.33. The fourth-order valence-electron chi connectivity index (χ4n) is 1.68. The highest BCUT2D eigenvalue weighted by atomic mass is 79.9. The Bertz CT molecular complexity index is 479. The van der Waals surface area contributed by atoms with E-state index in [1.54, 1.807) is 0 Å². The van der Waals surface area contributed by atoms with Gasteiger partial charge in [0.15, 0.2) is 4.67 Å². The summed E-state index contributed by atoms with van der Waals surface area (Å²) in [6.07, 6.45) is 0. The number of aliphatic hydroxyl groups is 1. The number of nitrogens with one attached hydrogen (secondary N) is 1. The summed E-state index contributed by atoms with van der Waals surface area (Å²) >= 11 is 6.66. The summed E-state index contributed by atoms with van der Waals surface area (Å²) in [7, 11) is 0. The number of rotatable bonds is 5. The van der Waals surface area contributed by atoms with E-state index in [0.717, 1.165) is 15.8 Å². The van der Waals surface area contributed by atoms with Crippen LogP contribution in [-0.2, 0) is 6.54 Å². The lowest BCUT2D eigenvalue weighted by Gasteiger charge is -2.15. The molecule has 3 nitrogen and oxygen atoms in total. The minimum atomic E-state index is -0.0890. The highest BCUT2D eigenvalue weighted by Crippen LogP contribution is 2.27. The smallest absolute Gasteiger partial charge is 0.183 e. The van der Waals surface area contributed by atoms with Crippen LogP contribution in [0.1, 0.15) is 17.4 Å². The van der Waals surface area contributed by atoms with Crippen LogP contribution in [0.5, 0.6) is 0 Å².